The van der Waals surface area contributed by atoms with Gasteiger partial charge in [0.25, 0.3) is 0 Å². The van der Waals surface area contributed by atoms with E-state index in [4.69, 9.17) is 4.52 Å². The van der Waals surface area contributed by atoms with Gasteiger partial charge in [0, 0.05) is 31.8 Å². The molecule has 8 heteroatoms. The summed E-state index contributed by atoms with van der Waals surface area (Å²) in [6.07, 6.45) is 0.406. The predicted molar refractivity (Wildman–Crippen MR) is 73.7 cm³/mol. The average molecular weight is 306 g/mol. The van der Waals surface area contributed by atoms with Gasteiger partial charge in [0.15, 0.2) is 5.82 Å². The van der Waals surface area contributed by atoms with Gasteiger partial charge in [0.1, 0.15) is 6.54 Å². The Morgan fingerprint density at radius 2 is 1.91 bits per heavy atom. The lowest BCUT2D eigenvalue weighted by Gasteiger charge is -2.37. The molecule has 0 aliphatic carbocycles. The van der Waals surface area contributed by atoms with Crippen LogP contribution < -0.4 is 0 Å². The van der Waals surface area contributed by atoms with Gasteiger partial charge in [-0.1, -0.05) is 19.0 Å². The van der Waals surface area contributed by atoms with Gasteiger partial charge in [-0.2, -0.15) is 4.98 Å². The first-order valence-corrected chi connectivity index (χ1v) is 7.40. The summed E-state index contributed by atoms with van der Waals surface area (Å²) in [5.41, 5.74) is 0. The van der Waals surface area contributed by atoms with Crippen molar-refractivity contribution in [3.8, 4) is 0 Å². The maximum absolute atomic E-state index is 12.1. The van der Waals surface area contributed by atoms with Gasteiger partial charge in [0.2, 0.25) is 23.6 Å². The lowest BCUT2D eigenvalue weighted by molar-refractivity contribution is -0.147. The summed E-state index contributed by atoms with van der Waals surface area (Å²) in [5.74, 6) is 0.678. The summed E-state index contributed by atoms with van der Waals surface area (Å²) in [6.45, 7) is 4.76. The molecule has 0 radical (unpaired) electrons. The minimum atomic E-state index is -0.270. The van der Waals surface area contributed by atoms with Crippen molar-refractivity contribution >= 4 is 17.7 Å². The molecule has 2 aliphatic rings. The van der Waals surface area contributed by atoms with Gasteiger partial charge in [-0.05, 0) is 0 Å². The first kappa shape index (κ1) is 14.7. The van der Waals surface area contributed by atoms with E-state index in [1.807, 2.05) is 13.8 Å². The van der Waals surface area contributed by atoms with Crippen molar-refractivity contribution in [1.82, 2.24) is 19.9 Å². The van der Waals surface area contributed by atoms with Crippen molar-refractivity contribution in [2.45, 2.75) is 38.5 Å². The molecule has 8 nitrogen and oxygen atoms in total. The summed E-state index contributed by atoms with van der Waals surface area (Å²) in [6, 6.07) is 0. The molecule has 3 heterocycles. The molecule has 1 aromatic rings. The summed E-state index contributed by atoms with van der Waals surface area (Å²) < 4.78 is 5.21. The van der Waals surface area contributed by atoms with Crippen molar-refractivity contribution in [2.24, 2.45) is 0 Å². The van der Waals surface area contributed by atoms with Crippen LogP contribution in [0.25, 0.3) is 0 Å². The van der Waals surface area contributed by atoms with Gasteiger partial charge in [-0.3, -0.25) is 19.3 Å². The van der Waals surface area contributed by atoms with Crippen molar-refractivity contribution in [1.29, 1.82) is 0 Å². The van der Waals surface area contributed by atoms with E-state index in [0.29, 0.717) is 24.8 Å². The summed E-state index contributed by atoms with van der Waals surface area (Å²) in [5, 5.41) is 3.90. The zero-order chi connectivity index (χ0) is 15.9. The van der Waals surface area contributed by atoms with Gasteiger partial charge >= 0.3 is 0 Å². The summed E-state index contributed by atoms with van der Waals surface area (Å²) in [7, 11) is 0. The predicted octanol–water partition coefficient (Wildman–Crippen LogP) is 0.268. The number of hydrogen-bond donors (Lipinski definition) is 0. The van der Waals surface area contributed by atoms with E-state index in [9.17, 15) is 14.4 Å². The molecule has 2 aliphatic heterocycles. The number of likely N-dealkylation sites (tertiary alicyclic amines) is 2. The zero-order valence-electron chi connectivity index (χ0n) is 12.6. The number of amides is 3. The fourth-order valence-corrected chi connectivity index (χ4v) is 2.52. The second-order valence-corrected chi connectivity index (χ2v) is 6.01. The van der Waals surface area contributed by atoms with Crippen LogP contribution >= 0.6 is 0 Å². The Balaban J connectivity index is 1.53. The van der Waals surface area contributed by atoms with E-state index in [2.05, 4.69) is 10.1 Å². The molecular weight excluding hydrogens is 288 g/mol. The SMILES string of the molecule is CC(C)c1noc(C2CN(C(=O)CN3C(=O)CCC3=O)C2)n1. The van der Waals surface area contributed by atoms with Crippen molar-refractivity contribution in [3.05, 3.63) is 11.7 Å². The lowest BCUT2D eigenvalue weighted by atomic mass is 10.00. The maximum Gasteiger partial charge on any atom is 0.242 e. The number of carbonyl (C=O) groups excluding carboxylic acids is 3. The quantitative estimate of drug-likeness (QED) is 0.741. The molecule has 0 aromatic carbocycles. The zero-order valence-corrected chi connectivity index (χ0v) is 12.6. The van der Waals surface area contributed by atoms with Gasteiger partial charge in [-0.25, -0.2) is 0 Å². The maximum atomic E-state index is 12.1. The molecule has 1 aromatic heterocycles. The molecule has 0 atom stereocenters. The highest BCUT2D eigenvalue weighted by atomic mass is 16.5. The van der Waals surface area contributed by atoms with Crippen LogP contribution in [0.3, 0.4) is 0 Å². The number of rotatable bonds is 4. The molecule has 22 heavy (non-hydrogen) atoms. The van der Waals surface area contributed by atoms with E-state index >= 15 is 0 Å². The first-order valence-electron chi connectivity index (χ1n) is 7.40. The fraction of sp³-hybridized carbons (Fsp3) is 0.643. The number of aromatic nitrogens is 2. The summed E-state index contributed by atoms with van der Waals surface area (Å²) >= 11 is 0. The molecule has 0 spiro atoms. The van der Waals surface area contributed by atoms with Gasteiger partial charge < -0.3 is 9.42 Å². The molecule has 0 N–H and O–H groups in total. The normalized spacial score (nSPS) is 19.2. The molecule has 2 fully saturated rings. The first-order chi connectivity index (χ1) is 10.5. The van der Waals surface area contributed by atoms with Crippen LogP contribution in [0.5, 0.6) is 0 Å². The second kappa shape index (κ2) is 5.51. The van der Waals surface area contributed by atoms with Crippen molar-refractivity contribution < 1.29 is 18.9 Å². The Morgan fingerprint density at radius 1 is 1.27 bits per heavy atom. The van der Waals surface area contributed by atoms with Crippen LogP contribution in [-0.2, 0) is 14.4 Å². The highest BCUT2D eigenvalue weighted by molar-refractivity contribution is 6.04. The topological polar surface area (TPSA) is 96.6 Å². The van der Waals surface area contributed by atoms with Crippen LogP contribution in [0.4, 0.5) is 0 Å². The summed E-state index contributed by atoms with van der Waals surface area (Å²) in [4.78, 5) is 42.0. The van der Waals surface area contributed by atoms with E-state index < -0.39 is 0 Å². The highest BCUT2D eigenvalue weighted by Gasteiger charge is 2.38. The van der Waals surface area contributed by atoms with Crippen LogP contribution in [0.1, 0.15) is 50.2 Å². The van der Waals surface area contributed by atoms with Crippen LogP contribution in [-0.4, -0.2) is 57.3 Å². The largest absolute Gasteiger partial charge is 0.339 e. The van der Waals surface area contributed by atoms with Crippen molar-refractivity contribution in [2.75, 3.05) is 19.6 Å². The van der Waals surface area contributed by atoms with Crippen LogP contribution in [0.15, 0.2) is 4.52 Å². The fourth-order valence-electron chi connectivity index (χ4n) is 2.52. The number of nitrogens with zero attached hydrogens (tertiary/aromatic N) is 4. The smallest absolute Gasteiger partial charge is 0.242 e. The van der Waals surface area contributed by atoms with Crippen LogP contribution in [0, 0.1) is 0 Å². The Kier molecular flexibility index (Phi) is 3.67. The molecule has 0 unspecified atom stereocenters. The number of hydrogen-bond acceptors (Lipinski definition) is 6. The average Bonchev–Trinajstić information content (AvgIpc) is 3.00. The third kappa shape index (κ3) is 2.60. The molecule has 0 saturated carbocycles. The Hall–Kier alpha value is -2.25. The minimum Gasteiger partial charge on any atom is -0.339 e. The van der Waals surface area contributed by atoms with E-state index in [0.717, 1.165) is 4.90 Å². The minimum absolute atomic E-state index is 0.0360. The third-order valence-corrected chi connectivity index (χ3v) is 4.01. The number of carbonyl (C=O) groups is 3. The number of imide groups is 1. The Bertz CT molecular complexity index is 602. The second-order valence-electron chi connectivity index (χ2n) is 6.01. The molecule has 2 saturated heterocycles. The lowest BCUT2D eigenvalue weighted by Crippen LogP contribution is -2.52. The molecule has 3 amide bonds. The van der Waals surface area contributed by atoms with E-state index in [1.165, 1.54) is 0 Å². The monoisotopic (exact) mass is 306 g/mol. The van der Waals surface area contributed by atoms with E-state index in [1.54, 1.807) is 4.90 Å². The highest BCUT2D eigenvalue weighted by Crippen LogP contribution is 2.27. The molecule has 118 valence electrons. The van der Waals surface area contributed by atoms with Crippen molar-refractivity contribution in [3.63, 3.8) is 0 Å². The van der Waals surface area contributed by atoms with Gasteiger partial charge in [-0.15, -0.1) is 0 Å². The van der Waals surface area contributed by atoms with Crippen LogP contribution in [0.2, 0.25) is 0 Å². The molecule has 3 rings (SSSR count). The van der Waals surface area contributed by atoms with Gasteiger partial charge in [0.05, 0.1) is 5.92 Å². The third-order valence-electron chi connectivity index (χ3n) is 4.01. The van der Waals surface area contributed by atoms with E-state index in [-0.39, 0.29) is 48.9 Å². The standard InChI is InChI=1S/C14H18N4O4/c1-8(2)13-15-14(22-16-13)9-5-17(6-9)12(21)7-18-10(19)3-4-11(18)20/h8-9H,3-7H2,1-2H3. The Morgan fingerprint density at radius 3 is 2.45 bits per heavy atom. The Labute approximate surface area is 127 Å². The molecular formula is C14H18N4O4. The molecule has 0 bridgehead atoms.